The van der Waals surface area contributed by atoms with Gasteiger partial charge in [0.2, 0.25) is 0 Å². The lowest BCUT2D eigenvalue weighted by Crippen LogP contribution is -2.53. The van der Waals surface area contributed by atoms with Gasteiger partial charge in [0.25, 0.3) is 0 Å². The molecule has 0 bridgehead atoms. The summed E-state index contributed by atoms with van der Waals surface area (Å²) in [7, 11) is 4.24. The van der Waals surface area contributed by atoms with E-state index in [1.807, 2.05) is 18.2 Å². The zero-order valence-corrected chi connectivity index (χ0v) is 24.2. The van der Waals surface area contributed by atoms with Crippen molar-refractivity contribution in [3.63, 3.8) is 0 Å². The van der Waals surface area contributed by atoms with Crippen molar-refractivity contribution in [1.82, 2.24) is 0 Å². The van der Waals surface area contributed by atoms with Crippen molar-refractivity contribution in [2.24, 2.45) is 0 Å². The molecule has 2 unspecified atom stereocenters. The molecule has 2 aromatic carbocycles. The molecule has 0 aliphatic rings. The molecule has 0 aromatic heterocycles. The van der Waals surface area contributed by atoms with Crippen molar-refractivity contribution in [2.75, 3.05) is 20.7 Å². The van der Waals surface area contributed by atoms with E-state index in [-0.39, 0.29) is 24.7 Å². The number of hydrogen-bond donors (Lipinski definition) is 0. The van der Waals surface area contributed by atoms with Crippen LogP contribution in [0.3, 0.4) is 0 Å². The second kappa shape index (κ2) is 17.2. The van der Waals surface area contributed by atoms with Crippen molar-refractivity contribution < 1.29 is 18.8 Å². The van der Waals surface area contributed by atoms with E-state index in [0.29, 0.717) is 4.48 Å². The van der Waals surface area contributed by atoms with Crippen LogP contribution in [0.1, 0.15) is 96.1 Å². The first-order valence-electron chi connectivity index (χ1n) is 14.7. The third-order valence-corrected chi connectivity index (χ3v) is 7.27. The number of likely N-dealkylation sites (N-methyl/N-ethyl adjacent to an activating group) is 1. The van der Waals surface area contributed by atoms with E-state index in [1.54, 1.807) is 0 Å². The molecular weight excluding hydrogens is 458 g/mol. The van der Waals surface area contributed by atoms with Gasteiger partial charge in [0, 0.05) is 12.0 Å². The Kier molecular flexibility index (Phi) is 14.4. The monoisotopic (exact) mass is 510 g/mol. The summed E-state index contributed by atoms with van der Waals surface area (Å²) >= 11 is 0. The highest BCUT2D eigenvalue weighted by atomic mass is 16.6. The molecule has 0 fully saturated rings. The summed E-state index contributed by atoms with van der Waals surface area (Å²) in [4.78, 5) is 13.2. The van der Waals surface area contributed by atoms with Crippen LogP contribution < -0.4 is 4.74 Å². The maximum atomic E-state index is 13.2. The lowest BCUT2D eigenvalue weighted by molar-refractivity contribution is -0.920. The molecule has 37 heavy (non-hydrogen) atoms. The van der Waals surface area contributed by atoms with Gasteiger partial charge in [0.15, 0.2) is 6.04 Å². The molecule has 206 valence electrons. The second-order valence-electron chi connectivity index (χ2n) is 11.0. The summed E-state index contributed by atoms with van der Waals surface area (Å²) in [6.07, 6.45) is 12.8. The van der Waals surface area contributed by atoms with Crippen LogP contribution >= 0.6 is 0 Å². The molecule has 0 radical (unpaired) electrons. The van der Waals surface area contributed by atoms with Gasteiger partial charge >= 0.3 is 5.97 Å². The summed E-state index contributed by atoms with van der Waals surface area (Å²) in [5.41, 5.74) is 2.59. The molecule has 0 aliphatic carbocycles. The summed E-state index contributed by atoms with van der Waals surface area (Å²) < 4.78 is 12.6. The first kappa shape index (κ1) is 30.9. The average Bonchev–Trinajstić information content (AvgIpc) is 2.90. The van der Waals surface area contributed by atoms with Gasteiger partial charge in [0.05, 0.1) is 14.1 Å². The lowest BCUT2D eigenvalue weighted by Gasteiger charge is -2.36. The quantitative estimate of drug-likeness (QED) is 0.109. The van der Waals surface area contributed by atoms with Crippen molar-refractivity contribution in [2.45, 2.75) is 110 Å². The SMILES string of the molecule is CCCCCCCCCc1ccc(OC(CC)COC(=O)C(CCC)[N+](C)(C)Cc2ccccc2)cc1. The third-order valence-electron chi connectivity index (χ3n) is 7.27. The van der Waals surface area contributed by atoms with Gasteiger partial charge in [-0.3, -0.25) is 0 Å². The molecule has 0 aliphatic heterocycles. The number of esters is 1. The fourth-order valence-electron chi connectivity index (χ4n) is 4.91. The van der Waals surface area contributed by atoms with Gasteiger partial charge in [-0.25, -0.2) is 4.79 Å². The molecule has 0 saturated heterocycles. The fraction of sp³-hybridized carbons (Fsp3) is 0.606. The summed E-state index contributed by atoms with van der Waals surface area (Å²) in [5, 5.41) is 0. The molecular formula is C33H52NO3+. The summed E-state index contributed by atoms with van der Waals surface area (Å²) in [6, 6.07) is 18.6. The van der Waals surface area contributed by atoms with Gasteiger partial charge in [-0.2, -0.15) is 0 Å². The molecule has 0 amide bonds. The molecule has 2 aromatic rings. The molecule has 0 heterocycles. The fourth-order valence-corrected chi connectivity index (χ4v) is 4.91. The van der Waals surface area contributed by atoms with Crippen molar-refractivity contribution in [1.29, 1.82) is 0 Å². The Labute approximate surface area is 227 Å². The van der Waals surface area contributed by atoms with E-state index >= 15 is 0 Å². The van der Waals surface area contributed by atoms with Crippen LogP contribution in [-0.4, -0.2) is 43.3 Å². The molecule has 4 nitrogen and oxygen atoms in total. The van der Waals surface area contributed by atoms with E-state index in [0.717, 1.165) is 38.0 Å². The number of rotatable bonds is 19. The van der Waals surface area contributed by atoms with E-state index in [4.69, 9.17) is 9.47 Å². The Hall–Kier alpha value is -2.33. The first-order valence-corrected chi connectivity index (χ1v) is 14.7. The van der Waals surface area contributed by atoms with E-state index in [9.17, 15) is 4.79 Å². The van der Waals surface area contributed by atoms with E-state index in [1.165, 1.54) is 56.1 Å². The number of quaternary nitrogens is 1. The predicted octanol–water partition coefficient (Wildman–Crippen LogP) is 8.13. The topological polar surface area (TPSA) is 35.5 Å². The van der Waals surface area contributed by atoms with Gasteiger partial charge in [-0.05, 0) is 43.4 Å². The Bertz CT molecular complexity index is 863. The highest BCUT2D eigenvalue weighted by Crippen LogP contribution is 2.21. The molecule has 4 heteroatoms. The van der Waals surface area contributed by atoms with Crippen molar-refractivity contribution >= 4 is 5.97 Å². The number of ether oxygens (including phenoxy) is 2. The van der Waals surface area contributed by atoms with Crippen LogP contribution in [0.15, 0.2) is 54.6 Å². The van der Waals surface area contributed by atoms with Gasteiger partial charge in [-0.15, -0.1) is 0 Å². The number of carbonyl (C=O) groups is 1. The molecule has 0 spiro atoms. The highest BCUT2D eigenvalue weighted by Gasteiger charge is 2.36. The molecule has 2 atom stereocenters. The predicted molar refractivity (Wildman–Crippen MR) is 155 cm³/mol. The number of unbranched alkanes of at least 4 members (excludes halogenated alkanes) is 6. The van der Waals surface area contributed by atoms with E-state index in [2.05, 4.69) is 71.3 Å². The maximum Gasteiger partial charge on any atom is 0.365 e. The molecule has 2 rings (SSSR count). The third kappa shape index (κ3) is 11.7. The van der Waals surface area contributed by atoms with Crippen LogP contribution in [-0.2, 0) is 22.5 Å². The zero-order chi connectivity index (χ0) is 26.9. The van der Waals surface area contributed by atoms with Gasteiger partial charge in [0.1, 0.15) is 25.0 Å². The summed E-state index contributed by atoms with van der Waals surface area (Å²) in [5.74, 6) is 0.714. The first-order chi connectivity index (χ1) is 17.9. The smallest absolute Gasteiger partial charge is 0.365 e. The van der Waals surface area contributed by atoms with Gasteiger partial charge < -0.3 is 14.0 Å². The summed E-state index contributed by atoms with van der Waals surface area (Å²) in [6.45, 7) is 7.53. The Morgan fingerprint density at radius 1 is 0.784 bits per heavy atom. The molecule has 0 saturated carbocycles. The van der Waals surface area contributed by atoms with Crippen molar-refractivity contribution in [3.8, 4) is 5.75 Å². The van der Waals surface area contributed by atoms with Crippen LogP contribution in [0.2, 0.25) is 0 Å². The largest absolute Gasteiger partial charge is 0.487 e. The Morgan fingerprint density at radius 2 is 1.43 bits per heavy atom. The van der Waals surface area contributed by atoms with Gasteiger partial charge in [-0.1, -0.05) is 102 Å². The number of benzene rings is 2. The average molecular weight is 511 g/mol. The number of nitrogens with zero attached hydrogens (tertiary/aromatic N) is 1. The Balaban J connectivity index is 1.82. The highest BCUT2D eigenvalue weighted by molar-refractivity contribution is 5.74. The second-order valence-corrected chi connectivity index (χ2v) is 11.0. The van der Waals surface area contributed by atoms with Crippen LogP contribution in [0, 0.1) is 0 Å². The van der Waals surface area contributed by atoms with E-state index < -0.39 is 0 Å². The Morgan fingerprint density at radius 3 is 2.05 bits per heavy atom. The van der Waals surface area contributed by atoms with Crippen LogP contribution in [0.25, 0.3) is 0 Å². The minimum Gasteiger partial charge on any atom is -0.487 e. The number of carbonyl (C=O) groups excluding carboxylic acids is 1. The minimum atomic E-state index is -0.200. The lowest BCUT2D eigenvalue weighted by atomic mass is 10.0. The number of hydrogen-bond acceptors (Lipinski definition) is 3. The minimum absolute atomic E-state index is 0.130. The zero-order valence-electron chi connectivity index (χ0n) is 24.2. The van der Waals surface area contributed by atoms with Crippen LogP contribution in [0.5, 0.6) is 5.75 Å². The standard InChI is InChI=1S/C33H52NO3/c1-6-9-10-11-12-13-15-19-28-22-24-31(25-23-28)37-30(8-3)27-36-33(35)32(18-7-2)34(4,5)26-29-20-16-14-17-21-29/h14,16-17,20-25,30,32H,6-13,15,18-19,26-27H2,1-5H3/q+1. The molecule has 0 N–H and O–H groups in total. The van der Waals surface area contributed by atoms with Crippen LogP contribution in [0.4, 0.5) is 0 Å². The van der Waals surface area contributed by atoms with Crippen molar-refractivity contribution in [3.05, 3.63) is 65.7 Å². The normalized spacial score (nSPS) is 13.2. The maximum absolute atomic E-state index is 13.2. The number of aryl methyl sites for hydroxylation is 1.